The average molecular weight is 407 g/mol. The number of carbonyl (C=O) groups excluding carboxylic acids is 1. The number of hydrogen-bond donors (Lipinski definition) is 0. The van der Waals surface area contributed by atoms with Crippen LogP contribution in [0.15, 0.2) is 46.0 Å². The first-order valence-corrected chi connectivity index (χ1v) is 10.9. The first-order valence-electron chi connectivity index (χ1n) is 8.57. The maximum atomic E-state index is 12.5. The van der Waals surface area contributed by atoms with Crippen LogP contribution in [0.25, 0.3) is 6.08 Å². The van der Waals surface area contributed by atoms with Crippen LogP contribution in [0, 0.1) is 6.92 Å². The molecule has 27 heavy (non-hydrogen) atoms. The summed E-state index contributed by atoms with van der Waals surface area (Å²) >= 11 is 1.21. The van der Waals surface area contributed by atoms with Crippen LogP contribution in [0.4, 0.5) is 0 Å². The zero-order valence-corrected chi connectivity index (χ0v) is 16.9. The van der Waals surface area contributed by atoms with Crippen molar-refractivity contribution in [2.45, 2.75) is 11.1 Å². The second kappa shape index (κ2) is 8.24. The smallest absolute Gasteiger partial charge is 0.252 e. The van der Waals surface area contributed by atoms with Gasteiger partial charge in [-0.2, -0.15) is 4.31 Å². The van der Waals surface area contributed by atoms with Crippen molar-refractivity contribution < 1.29 is 17.9 Å². The predicted molar refractivity (Wildman–Crippen MR) is 106 cm³/mol. The Bertz CT molecular complexity index is 929. The lowest BCUT2D eigenvalue weighted by molar-refractivity contribution is -0.127. The van der Waals surface area contributed by atoms with E-state index in [0.29, 0.717) is 36.1 Å². The Morgan fingerprint density at radius 3 is 2.56 bits per heavy atom. The van der Waals surface area contributed by atoms with Crippen molar-refractivity contribution in [1.29, 1.82) is 0 Å². The van der Waals surface area contributed by atoms with Gasteiger partial charge in [0.05, 0.1) is 7.11 Å². The number of sulfonamides is 1. The lowest BCUT2D eigenvalue weighted by Crippen LogP contribution is -2.50. The molecule has 144 valence electrons. The fourth-order valence-corrected chi connectivity index (χ4v) is 5.50. The van der Waals surface area contributed by atoms with Crippen molar-refractivity contribution in [2.24, 2.45) is 0 Å². The van der Waals surface area contributed by atoms with Gasteiger partial charge in [-0.05, 0) is 36.6 Å². The maximum absolute atomic E-state index is 12.5. The van der Waals surface area contributed by atoms with Gasteiger partial charge in [0.25, 0.3) is 10.0 Å². The van der Waals surface area contributed by atoms with Gasteiger partial charge in [-0.1, -0.05) is 17.7 Å². The molecule has 1 aromatic heterocycles. The Labute approximate surface area is 163 Å². The van der Waals surface area contributed by atoms with Crippen LogP contribution >= 0.6 is 11.3 Å². The van der Waals surface area contributed by atoms with E-state index in [-0.39, 0.29) is 5.91 Å². The molecule has 1 amide bonds. The second-order valence-electron chi connectivity index (χ2n) is 6.24. The summed E-state index contributed by atoms with van der Waals surface area (Å²) in [4.78, 5) is 14.1. The minimum absolute atomic E-state index is 0.133. The fraction of sp³-hybridized carbons (Fsp3) is 0.316. The average Bonchev–Trinajstić information content (AvgIpc) is 3.22. The molecule has 0 radical (unpaired) electrons. The Balaban J connectivity index is 1.63. The predicted octanol–water partition coefficient (Wildman–Crippen LogP) is 2.61. The van der Waals surface area contributed by atoms with Gasteiger partial charge in [-0.15, -0.1) is 11.3 Å². The van der Waals surface area contributed by atoms with Gasteiger partial charge < -0.3 is 9.64 Å². The molecule has 0 N–H and O–H groups in total. The maximum Gasteiger partial charge on any atom is 0.252 e. The van der Waals surface area contributed by atoms with Crippen molar-refractivity contribution in [1.82, 2.24) is 9.21 Å². The van der Waals surface area contributed by atoms with Gasteiger partial charge in [-0.3, -0.25) is 4.79 Å². The highest BCUT2D eigenvalue weighted by Crippen LogP contribution is 2.23. The zero-order valence-electron chi connectivity index (χ0n) is 15.3. The first kappa shape index (κ1) is 19.6. The molecule has 3 rings (SSSR count). The molecule has 2 heterocycles. The van der Waals surface area contributed by atoms with Gasteiger partial charge in [0.2, 0.25) is 5.91 Å². The molecule has 1 saturated heterocycles. The summed E-state index contributed by atoms with van der Waals surface area (Å²) in [5.74, 6) is 0.572. The van der Waals surface area contributed by atoms with E-state index in [1.165, 1.54) is 21.7 Å². The van der Waals surface area contributed by atoms with E-state index in [1.807, 2.05) is 25.1 Å². The van der Waals surface area contributed by atoms with Crippen LogP contribution in [-0.4, -0.2) is 56.8 Å². The number of nitrogens with zero attached hydrogens (tertiary/aromatic N) is 2. The SMILES string of the molecule is COc1ccc(C)cc1C=CC(=O)N1CCN(S(=O)(=O)c2cccs2)CC1. The Morgan fingerprint density at radius 2 is 1.93 bits per heavy atom. The number of piperazine rings is 1. The Morgan fingerprint density at radius 1 is 1.19 bits per heavy atom. The molecule has 0 saturated carbocycles. The molecule has 8 heteroatoms. The van der Waals surface area contributed by atoms with E-state index < -0.39 is 10.0 Å². The van der Waals surface area contributed by atoms with Crippen molar-refractivity contribution in [2.75, 3.05) is 33.3 Å². The number of rotatable bonds is 5. The van der Waals surface area contributed by atoms with Gasteiger partial charge in [0.1, 0.15) is 9.96 Å². The molecule has 1 aromatic carbocycles. The monoisotopic (exact) mass is 406 g/mol. The second-order valence-corrected chi connectivity index (χ2v) is 9.35. The molecule has 0 spiro atoms. The third-order valence-electron chi connectivity index (χ3n) is 4.43. The van der Waals surface area contributed by atoms with E-state index in [4.69, 9.17) is 4.74 Å². The van der Waals surface area contributed by atoms with E-state index in [0.717, 1.165) is 11.1 Å². The van der Waals surface area contributed by atoms with Crippen molar-refractivity contribution in [3.63, 3.8) is 0 Å². The third-order valence-corrected chi connectivity index (χ3v) is 7.70. The number of thiophene rings is 1. The zero-order chi connectivity index (χ0) is 19.4. The number of ether oxygens (including phenoxy) is 1. The Kier molecular flexibility index (Phi) is 5.98. The van der Waals surface area contributed by atoms with Crippen molar-refractivity contribution in [3.05, 3.63) is 52.9 Å². The minimum Gasteiger partial charge on any atom is -0.496 e. The van der Waals surface area contributed by atoms with Crippen LogP contribution in [-0.2, 0) is 14.8 Å². The number of aryl methyl sites for hydroxylation is 1. The van der Waals surface area contributed by atoms with Crippen LogP contribution in [0.1, 0.15) is 11.1 Å². The summed E-state index contributed by atoms with van der Waals surface area (Å²) in [7, 11) is -1.86. The quantitative estimate of drug-likeness (QED) is 0.716. The number of carbonyl (C=O) groups is 1. The number of methoxy groups -OCH3 is 1. The summed E-state index contributed by atoms with van der Waals surface area (Å²) in [5.41, 5.74) is 1.92. The van der Waals surface area contributed by atoms with Crippen LogP contribution in [0.3, 0.4) is 0 Å². The molecule has 0 aliphatic carbocycles. The van der Waals surface area contributed by atoms with Gasteiger partial charge in [-0.25, -0.2) is 8.42 Å². The number of hydrogen-bond acceptors (Lipinski definition) is 5. The summed E-state index contributed by atoms with van der Waals surface area (Å²) in [5, 5.41) is 1.75. The molecule has 0 bridgehead atoms. The lowest BCUT2D eigenvalue weighted by atomic mass is 10.1. The van der Waals surface area contributed by atoms with Gasteiger partial charge in [0, 0.05) is 37.8 Å². The first-order chi connectivity index (χ1) is 12.9. The third kappa shape index (κ3) is 4.40. The van der Waals surface area contributed by atoms with Crippen LogP contribution in [0.5, 0.6) is 5.75 Å². The topological polar surface area (TPSA) is 66.9 Å². The van der Waals surface area contributed by atoms with E-state index in [1.54, 1.807) is 35.6 Å². The van der Waals surface area contributed by atoms with E-state index in [9.17, 15) is 13.2 Å². The molecule has 1 aliphatic rings. The largest absolute Gasteiger partial charge is 0.496 e. The highest BCUT2D eigenvalue weighted by atomic mass is 32.2. The number of benzene rings is 1. The lowest BCUT2D eigenvalue weighted by Gasteiger charge is -2.33. The van der Waals surface area contributed by atoms with Gasteiger partial charge in [0.15, 0.2) is 0 Å². The molecule has 6 nitrogen and oxygen atoms in total. The number of amides is 1. The molecular formula is C19H22N2O4S2. The molecule has 1 fully saturated rings. The molecule has 0 atom stereocenters. The molecule has 2 aromatic rings. The van der Waals surface area contributed by atoms with E-state index >= 15 is 0 Å². The molecular weight excluding hydrogens is 384 g/mol. The van der Waals surface area contributed by atoms with E-state index in [2.05, 4.69) is 0 Å². The highest BCUT2D eigenvalue weighted by Gasteiger charge is 2.30. The van der Waals surface area contributed by atoms with Crippen LogP contribution in [0.2, 0.25) is 0 Å². The normalized spacial score (nSPS) is 16.0. The van der Waals surface area contributed by atoms with Crippen LogP contribution < -0.4 is 4.74 Å². The summed E-state index contributed by atoms with van der Waals surface area (Å²) < 4.78 is 32.2. The van der Waals surface area contributed by atoms with Gasteiger partial charge >= 0.3 is 0 Å². The standard InChI is InChI=1S/C19H22N2O4S2/c1-15-5-7-17(25-2)16(14-15)6-8-18(22)20-9-11-21(12-10-20)27(23,24)19-4-3-13-26-19/h3-8,13-14H,9-12H2,1-2H3. The fourth-order valence-electron chi connectivity index (χ4n) is 2.94. The highest BCUT2D eigenvalue weighted by molar-refractivity contribution is 7.91. The van der Waals surface area contributed by atoms with Crippen molar-refractivity contribution >= 4 is 33.3 Å². The van der Waals surface area contributed by atoms with Crippen molar-refractivity contribution in [3.8, 4) is 5.75 Å². The molecule has 0 unspecified atom stereocenters. The summed E-state index contributed by atoms with van der Waals surface area (Å²) in [6.45, 7) is 3.32. The Hall–Kier alpha value is -2.16. The summed E-state index contributed by atoms with van der Waals surface area (Å²) in [6.07, 6.45) is 3.25. The summed E-state index contributed by atoms with van der Waals surface area (Å²) in [6, 6.07) is 9.10. The molecule has 1 aliphatic heterocycles. The minimum atomic E-state index is -3.46.